The molecule has 13 rings (SSSR count). The molecule has 3 heteroatoms. The molecule has 0 spiro atoms. The minimum Gasteiger partial charge on any atom is -0.277 e. The minimum absolute atomic E-state index is 0.203. The predicted molar refractivity (Wildman–Crippen MR) is 260 cm³/mol. The molecule has 0 amide bonds. The maximum Gasteiger partial charge on any atom is 0.235 e. The highest BCUT2D eigenvalue weighted by Crippen LogP contribution is 2.54. The molecule has 1 aliphatic carbocycles. The number of fused-ring (bicyclic) bond motifs is 13. The maximum absolute atomic E-state index is 5.67. The molecule has 0 fully saturated rings. The second kappa shape index (κ2) is 13.1. The van der Waals surface area contributed by atoms with Crippen LogP contribution >= 0.6 is 0 Å². The Labute approximate surface area is 359 Å². The third-order valence-electron chi connectivity index (χ3n) is 13.6. The van der Waals surface area contributed by atoms with E-state index in [4.69, 9.17) is 9.97 Å². The van der Waals surface area contributed by atoms with E-state index in [1.807, 2.05) is 0 Å². The Morgan fingerprint density at radius 1 is 0.371 bits per heavy atom. The van der Waals surface area contributed by atoms with Crippen LogP contribution in [0.1, 0.15) is 25.0 Å². The van der Waals surface area contributed by atoms with Crippen LogP contribution in [0.4, 0.5) is 0 Å². The van der Waals surface area contributed by atoms with E-state index in [-0.39, 0.29) is 5.41 Å². The smallest absolute Gasteiger partial charge is 0.235 e. The van der Waals surface area contributed by atoms with Crippen molar-refractivity contribution >= 4 is 65.0 Å². The summed E-state index contributed by atoms with van der Waals surface area (Å²) in [5.74, 6) is 0.653. The summed E-state index contributed by atoms with van der Waals surface area (Å²) in [6.07, 6.45) is 0. The number of para-hydroxylation sites is 2. The zero-order valence-electron chi connectivity index (χ0n) is 34.4. The third kappa shape index (κ3) is 4.88. The number of hydrogen-bond donors (Lipinski definition) is 0. The average molecular weight is 790 g/mol. The van der Waals surface area contributed by atoms with Crippen LogP contribution in [-0.2, 0) is 5.41 Å². The lowest BCUT2D eigenvalue weighted by Gasteiger charge is -2.25. The summed E-state index contributed by atoms with van der Waals surface area (Å²) in [5, 5.41) is 10.7. The van der Waals surface area contributed by atoms with E-state index in [9.17, 15) is 0 Å². The summed E-state index contributed by atoms with van der Waals surface area (Å²) in [5.41, 5.74) is 15.0. The summed E-state index contributed by atoms with van der Waals surface area (Å²) in [6.45, 7) is 4.75. The summed E-state index contributed by atoms with van der Waals surface area (Å²) >= 11 is 0. The molecule has 62 heavy (non-hydrogen) atoms. The first-order valence-electron chi connectivity index (χ1n) is 21.5. The van der Waals surface area contributed by atoms with Crippen molar-refractivity contribution in [2.75, 3.05) is 0 Å². The molecule has 10 aromatic carbocycles. The molecule has 290 valence electrons. The molecule has 2 heterocycles. The standard InChI is InChI=1S/C59H39N3/c1-59(2)51-30-11-9-21-43(51)45-26-14-27-46(54(45)59)48-28-15-29-50-53-44-22-7-5-19-41(44)42-20-6-8-23-47(42)57(53)62(56(48)50)58-60-52-31-12-10-24-49(52)55(61-58)38-34-32-37(33-35-38)40-25-13-17-36-16-3-4-18-39(36)40/h3-35H,1-2H3. The molecule has 0 N–H and O–H groups in total. The third-order valence-corrected chi connectivity index (χ3v) is 13.6. The zero-order chi connectivity index (χ0) is 41.1. The molecule has 2 aromatic heterocycles. The fourth-order valence-corrected chi connectivity index (χ4v) is 10.9. The highest BCUT2D eigenvalue weighted by Gasteiger charge is 2.38. The van der Waals surface area contributed by atoms with E-state index in [1.54, 1.807) is 0 Å². The first-order valence-corrected chi connectivity index (χ1v) is 21.5. The van der Waals surface area contributed by atoms with E-state index >= 15 is 0 Å². The van der Waals surface area contributed by atoms with Crippen LogP contribution in [-0.4, -0.2) is 14.5 Å². The zero-order valence-corrected chi connectivity index (χ0v) is 34.4. The van der Waals surface area contributed by atoms with Gasteiger partial charge in [0.25, 0.3) is 0 Å². The Morgan fingerprint density at radius 2 is 0.903 bits per heavy atom. The summed E-state index contributed by atoms with van der Waals surface area (Å²) in [6, 6.07) is 72.9. The van der Waals surface area contributed by atoms with Crippen LogP contribution in [0.15, 0.2) is 200 Å². The number of nitrogens with zero attached hydrogens (tertiary/aromatic N) is 3. The van der Waals surface area contributed by atoms with Crippen LogP contribution in [0.2, 0.25) is 0 Å². The fourth-order valence-electron chi connectivity index (χ4n) is 10.9. The number of hydrogen-bond acceptors (Lipinski definition) is 2. The number of benzene rings is 10. The van der Waals surface area contributed by atoms with Crippen molar-refractivity contribution in [3.8, 4) is 50.6 Å². The topological polar surface area (TPSA) is 30.7 Å². The predicted octanol–water partition coefficient (Wildman–Crippen LogP) is 15.5. The molecule has 0 saturated carbocycles. The molecule has 0 atom stereocenters. The maximum atomic E-state index is 5.67. The Kier molecular flexibility index (Phi) is 7.36. The Hall–Kier alpha value is -7.88. The summed E-state index contributed by atoms with van der Waals surface area (Å²) in [4.78, 5) is 11.2. The van der Waals surface area contributed by atoms with Gasteiger partial charge in [-0.2, -0.15) is 0 Å². The number of rotatable bonds is 4. The van der Waals surface area contributed by atoms with Gasteiger partial charge in [-0.1, -0.05) is 208 Å². The Morgan fingerprint density at radius 3 is 1.73 bits per heavy atom. The van der Waals surface area contributed by atoms with E-state index in [2.05, 4.69) is 219 Å². The normalized spacial score (nSPS) is 13.1. The lowest BCUT2D eigenvalue weighted by Crippen LogP contribution is -2.16. The van der Waals surface area contributed by atoms with Crippen LogP contribution in [0.25, 0.3) is 116 Å². The fraction of sp³-hybridized carbons (Fsp3) is 0.0508. The van der Waals surface area contributed by atoms with Gasteiger partial charge in [-0.3, -0.25) is 4.57 Å². The van der Waals surface area contributed by atoms with Gasteiger partial charge in [-0.15, -0.1) is 0 Å². The summed E-state index contributed by atoms with van der Waals surface area (Å²) in [7, 11) is 0. The van der Waals surface area contributed by atoms with Gasteiger partial charge in [-0.05, 0) is 71.9 Å². The van der Waals surface area contributed by atoms with Crippen LogP contribution in [0.5, 0.6) is 0 Å². The molecule has 0 saturated heterocycles. The second-order valence-corrected chi connectivity index (χ2v) is 17.2. The monoisotopic (exact) mass is 789 g/mol. The van der Waals surface area contributed by atoms with Gasteiger partial charge in [0, 0.05) is 38.1 Å². The van der Waals surface area contributed by atoms with Crippen molar-refractivity contribution in [2.24, 2.45) is 0 Å². The first kappa shape index (κ1) is 34.9. The van der Waals surface area contributed by atoms with Gasteiger partial charge in [0.05, 0.1) is 22.2 Å². The van der Waals surface area contributed by atoms with Gasteiger partial charge in [0.1, 0.15) is 0 Å². The molecule has 12 aromatic rings. The molecule has 0 bridgehead atoms. The lowest BCUT2D eigenvalue weighted by molar-refractivity contribution is 0.662. The van der Waals surface area contributed by atoms with Crippen molar-refractivity contribution in [1.82, 2.24) is 14.5 Å². The van der Waals surface area contributed by atoms with Crippen molar-refractivity contribution < 1.29 is 0 Å². The second-order valence-electron chi connectivity index (χ2n) is 17.2. The highest BCUT2D eigenvalue weighted by molar-refractivity contribution is 6.33. The van der Waals surface area contributed by atoms with E-state index in [1.165, 1.54) is 87.6 Å². The van der Waals surface area contributed by atoms with Crippen LogP contribution in [0, 0.1) is 0 Å². The average Bonchev–Trinajstić information content (AvgIpc) is 3.81. The lowest BCUT2D eigenvalue weighted by atomic mass is 9.78. The van der Waals surface area contributed by atoms with Gasteiger partial charge in [-0.25, -0.2) is 9.97 Å². The van der Waals surface area contributed by atoms with Gasteiger partial charge < -0.3 is 0 Å². The molecule has 1 aliphatic rings. The van der Waals surface area contributed by atoms with Crippen molar-refractivity contribution in [2.45, 2.75) is 19.3 Å². The first-order chi connectivity index (χ1) is 30.5. The van der Waals surface area contributed by atoms with Gasteiger partial charge in [0.15, 0.2) is 0 Å². The quantitative estimate of drug-likeness (QED) is 0.166. The van der Waals surface area contributed by atoms with Gasteiger partial charge >= 0.3 is 0 Å². The van der Waals surface area contributed by atoms with Crippen molar-refractivity contribution in [3.63, 3.8) is 0 Å². The van der Waals surface area contributed by atoms with Gasteiger partial charge in [0.2, 0.25) is 5.95 Å². The van der Waals surface area contributed by atoms with Crippen LogP contribution in [0.3, 0.4) is 0 Å². The molecular weight excluding hydrogens is 751 g/mol. The van der Waals surface area contributed by atoms with Crippen molar-refractivity contribution in [3.05, 3.63) is 211 Å². The van der Waals surface area contributed by atoms with Crippen LogP contribution < -0.4 is 0 Å². The number of aromatic nitrogens is 3. The van der Waals surface area contributed by atoms with E-state index < -0.39 is 0 Å². The molecule has 3 nitrogen and oxygen atoms in total. The van der Waals surface area contributed by atoms with Crippen molar-refractivity contribution in [1.29, 1.82) is 0 Å². The summed E-state index contributed by atoms with van der Waals surface area (Å²) < 4.78 is 2.39. The minimum atomic E-state index is -0.203. The molecule has 0 unspecified atom stereocenters. The highest BCUT2D eigenvalue weighted by atomic mass is 15.2. The molecular formula is C59H39N3. The van der Waals surface area contributed by atoms with E-state index in [0.717, 1.165) is 33.2 Å². The Bertz CT molecular complexity index is 3830. The Balaban J connectivity index is 1.14. The molecule has 0 aliphatic heterocycles. The van der Waals surface area contributed by atoms with E-state index in [0.29, 0.717) is 5.95 Å². The largest absolute Gasteiger partial charge is 0.277 e. The molecule has 0 radical (unpaired) electrons. The SMILES string of the molecule is CC1(C)c2ccccc2-c2cccc(-c3cccc4c5c6ccccc6c6ccccc6c5n(-c5nc(-c6ccc(-c7cccc8ccccc78)cc6)c6ccccc6n5)c34)c21.